The summed E-state index contributed by atoms with van der Waals surface area (Å²) in [5.74, 6) is 4.12. The van der Waals surface area contributed by atoms with Crippen LogP contribution >= 0.6 is 35.9 Å². The van der Waals surface area contributed by atoms with E-state index in [2.05, 4.69) is 77.9 Å². The van der Waals surface area contributed by atoms with Crippen LogP contribution in [0.2, 0.25) is 0 Å². The van der Waals surface area contributed by atoms with Crippen molar-refractivity contribution in [3.8, 4) is 11.5 Å². The second-order valence-corrected chi connectivity index (χ2v) is 10.2. The Morgan fingerprint density at radius 3 is 2.28 bits per heavy atom. The predicted molar refractivity (Wildman–Crippen MR) is 130 cm³/mol. The lowest BCUT2D eigenvalue weighted by Gasteiger charge is -2.37. The van der Waals surface area contributed by atoms with Crippen LogP contribution in [0.3, 0.4) is 0 Å². The molecule has 0 amide bonds. The minimum atomic E-state index is 0. The molecule has 0 spiro atoms. The molecule has 0 atom stereocenters. The summed E-state index contributed by atoms with van der Waals surface area (Å²) in [5, 5.41) is 0. The molecule has 0 radical (unpaired) electrons. The number of benzene rings is 2. The van der Waals surface area contributed by atoms with E-state index < -0.39 is 0 Å². The van der Waals surface area contributed by atoms with Gasteiger partial charge in [0.25, 0.3) is 0 Å². The van der Waals surface area contributed by atoms with Gasteiger partial charge in [-0.3, -0.25) is 0 Å². The SMILES string of the molecule is COc1ccc(CCN(C)CCC2(c3ccccc3)SCCCS2)cc1OC.Cl. The Morgan fingerprint density at radius 2 is 1.62 bits per heavy atom. The third kappa shape index (κ3) is 6.48. The van der Waals surface area contributed by atoms with Gasteiger partial charge in [0, 0.05) is 13.1 Å². The number of likely N-dealkylation sites (N-methyl/N-ethyl adjacent to an activating group) is 1. The number of rotatable bonds is 9. The van der Waals surface area contributed by atoms with E-state index in [1.165, 1.54) is 35.5 Å². The third-order valence-corrected chi connectivity index (χ3v) is 8.73. The molecule has 2 aromatic carbocycles. The molecule has 0 N–H and O–H groups in total. The summed E-state index contributed by atoms with van der Waals surface area (Å²) >= 11 is 4.27. The number of thioether (sulfide) groups is 2. The van der Waals surface area contributed by atoms with Crippen LogP contribution in [0.4, 0.5) is 0 Å². The fourth-order valence-electron chi connectivity index (χ4n) is 3.53. The Morgan fingerprint density at radius 1 is 0.931 bits per heavy atom. The minimum Gasteiger partial charge on any atom is -0.493 e. The fraction of sp³-hybridized carbons (Fsp3) is 0.478. The highest BCUT2D eigenvalue weighted by molar-refractivity contribution is 8.18. The highest BCUT2D eigenvalue weighted by Crippen LogP contribution is 2.52. The second kappa shape index (κ2) is 12.0. The topological polar surface area (TPSA) is 21.7 Å². The Bertz CT molecular complexity index is 739. The summed E-state index contributed by atoms with van der Waals surface area (Å²) in [6, 6.07) is 17.3. The molecule has 2 aromatic rings. The number of halogens is 1. The van der Waals surface area contributed by atoms with Gasteiger partial charge in [-0.25, -0.2) is 0 Å². The Balaban J connectivity index is 0.00000300. The van der Waals surface area contributed by atoms with E-state index in [1.807, 2.05) is 6.07 Å². The van der Waals surface area contributed by atoms with Crippen molar-refractivity contribution in [2.24, 2.45) is 0 Å². The van der Waals surface area contributed by atoms with Crippen molar-refractivity contribution in [1.82, 2.24) is 4.90 Å². The van der Waals surface area contributed by atoms with Gasteiger partial charge in [0.1, 0.15) is 0 Å². The molecule has 0 bridgehead atoms. The lowest BCUT2D eigenvalue weighted by atomic mass is 10.1. The molecule has 0 aromatic heterocycles. The molecule has 29 heavy (non-hydrogen) atoms. The zero-order chi connectivity index (χ0) is 19.8. The van der Waals surface area contributed by atoms with Gasteiger partial charge in [0.2, 0.25) is 0 Å². The van der Waals surface area contributed by atoms with Gasteiger partial charge in [-0.05, 0) is 61.1 Å². The maximum absolute atomic E-state index is 5.43. The van der Waals surface area contributed by atoms with Crippen molar-refractivity contribution < 1.29 is 9.47 Å². The average Bonchev–Trinajstić information content (AvgIpc) is 2.77. The largest absolute Gasteiger partial charge is 0.493 e. The molecule has 160 valence electrons. The zero-order valence-electron chi connectivity index (χ0n) is 17.6. The summed E-state index contributed by atoms with van der Waals surface area (Å²) in [6.07, 6.45) is 3.50. The van der Waals surface area contributed by atoms with Crippen LogP contribution in [0.15, 0.2) is 48.5 Å². The normalized spacial score (nSPS) is 15.6. The van der Waals surface area contributed by atoms with Gasteiger partial charge in [-0.15, -0.1) is 35.9 Å². The summed E-state index contributed by atoms with van der Waals surface area (Å²) in [4.78, 5) is 2.46. The van der Waals surface area contributed by atoms with Crippen LogP contribution in [0, 0.1) is 0 Å². The molecule has 3 nitrogen and oxygen atoms in total. The van der Waals surface area contributed by atoms with Crippen molar-refractivity contribution in [3.63, 3.8) is 0 Å². The first-order valence-electron chi connectivity index (χ1n) is 9.90. The van der Waals surface area contributed by atoms with E-state index in [9.17, 15) is 0 Å². The zero-order valence-corrected chi connectivity index (χ0v) is 20.0. The molecule has 3 rings (SSSR count). The van der Waals surface area contributed by atoms with Gasteiger partial charge in [-0.2, -0.15) is 0 Å². The molecule has 0 aliphatic carbocycles. The van der Waals surface area contributed by atoms with E-state index in [4.69, 9.17) is 9.47 Å². The maximum atomic E-state index is 5.43. The van der Waals surface area contributed by atoms with Crippen molar-refractivity contribution in [2.45, 2.75) is 23.3 Å². The van der Waals surface area contributed by atoms with E-state index in [0.717, 1.165) is 31.0 Å². The van der Waals surface area contributed by atoms with Crippen molar-refractivity contribution in [3.05, 3.63) is 59.7 Å². The number of hydrogen-bond donors (Lipinski definition) is 0. The molecule has 1 aliphatic rings. The molecule has 1 saturated heterocycles. The molecule has 0 unspecified atom stereocenters. The van der Waals surface area contributed by atoms with Gasteiger partial charge >= 0.3 is 0 Å². The summed E-state index contributed by atoms with van der Waals surface area (Å²) < 4.78 is 11.0. The molecule has 6 heteroatoms. The highest BCUT2D eigenvalue weighted by atomic mass is 35.5. The van der Waals surface area contributed by atoms with Crippen LogP contribution in [0.25, 0.3) is 0 Å². The monoisotopic (exact) mass is 453 g/mol. The predicted octanol–water partition coefficient (Wildman–Crippen LogP) is 5.71. The minimum absolute atomic E-state index is 0. The Labute approximate surface area is 190 Å². The van der Waals surface area contributed by atoms with Crippen LogP contribution in [0.1, 0.15) is 24.0 Å². The maximum Gasteiger partial charge on any atom is 0.160 e. The van der Waals surface area contributed by atoms with Gasteiger partial charge in [0.15, 0.2) is 11.5 Å². The van der Waals surface area contributed by atoms with Crippen LogP contribution in [-0.2, 0) is 10.5 Å². The van der Waals surface area contributed by atoms with E-state index in [1.54, 1.807) is 14.2 Å². The first kappa shape index (κ1) is 24.3. The lowest BCUT2D eigenvalue weighted by Crippen LogP contribution is -2.30. The Kier molecular flexibility index (Phi) is 10.0. The van der Waals surface area contributed by atoms with Crippen molar-refractivity contribution in [2.75, 3.05) is 45.9 Å². The average molecular weight is 454 g/mol. The fourth-order valence-corrected chi connectivity index (χ4v) is 6.86. The first-order chi connectivity index (χ1) is 13.7. The second-order valence-electron chi connectivity index (χ2n) is 7.16. The summed E-state index contributed by atoms with van der Waals surface area (Å²) in [7, 11) is 5.60. The van der Waals surface area contributed by atoms with Crippen LogP contribution in [-0.4, -0.2) is 50.8 Å². The summed E-state index contributed by atoms with van der Waals surface area (Å²) in [6.45, 7) is 2.14. The first-order valence-corrected chi connectivity index (χ1v) is 11.9. The molecule has 0 saturated carbocycles. The van der Waals surface area contributed by atoms with E-state index in [0.29, 0.717) is 0 Å². The van der Waals surface area contributed by atoms with E-state index >= 15 is 0 Å². The molecule has 1 heterocycles. The van der Waals surface area contributed by atoms with Gasteiger partial charge in [-0.1, -0.05) is 36.4 Å². The number of nitrogens with zero attached hydrogens (tertiary/aromatic N) is 1. The van der Waals surface area contributed by atoms with Crippen LogP contribution < -0.4 is 9.47 Å². The van der Waals surface area contributed by atoms with Gasteiger partial charge in [0.05, 0.1) is 18.3 Å². The van der Waals surface area contributed by atoms with Gasteiger partial charge < -0.3 is 14.4 Å². The number of ether oxygens (including phenoxy) is 2. The molecular formula is C23H32ClNO2S2. The lowest BCUT2D eigenvalue weighted by molar-refractivity contribution is 0.328. The summed E-state index contributed by atoms with van der Waals surface area (Å²) in [5.41, 5.74) is 2.75. The Hall–Kier alpha value is -1.01. The van der Waals surface area contributed by atoms with E-state index in [-0.39, 0.29) is 16.5 Å². The number of hydrogen-bond acceptors (Lipinski definition) is 5. The quantitative estimate of drug-likeness (QED) is 0.483. The van der Waals surface area contributed by atoms with Crippen LogP contribution in [0.5, 0.6) is 11.5 Å². The smallest absolute Gasteiger partial charge is 0.160 e. The highest BCUT2D eigenvalue weighted by Gasteiger charge is 2.35. The standard InChI is InChI=1S/C23H31NO2S2.ClH/c1-24(14-12-19-10-11-21(25-2)22(18-19)26-3)15-13-23(27-16-7-17-28-23)20-8-5-4-6-9-20;/h4-6,8-11,18H,7,12-17H2,1-3H3;1H. The molecule has 1 fully saturated rings. The van der Waals surface area contributed by atoms with Crippen molar-refractivity contribution >= 4 is 35.9 Å². The molecular weight excluding hydrogens is 422 g/mol. The van der Waals surface area contributed by atoms with Crippen molar-refractivity contribution in [1.29, 1.82) is 0 Å². The molecule has 1 aliphatic heterocycles. The third-order valence-electron chi connectivity index (χ3n) is 5.23. The number of methoxy groups -OCH3 is 2.